The quantitative estimate of drug-likeness (QED) is 0.476. The highest BCUT2D eigenvalue weighted by atomic mass is 32.2. The van der Waals surface area contributed by atoms with Crippen LogP contribution in [0.25, 0.3) is 21.9 Å². The largest absolute Gasteiger partial charge is 0.315 e. The molecule has 0 aliphatic heterocycles. The molecule has 0 aliphatic rings. The summed E-state index contributed by atoms with van der Waals surface area (Å²) in [6.45, 7) is 1.23. The van der Waals surface area contributed by atoms with Gasteiger partial charge in [0.05, 0.1) is 0 Å². The standard InChI is InChI=1S/C21H22N2O5S/c1-21(20(25)22-26,29(2,27)28)11-13-23-12-10-17-14-16(8-9-18(17)19(23)24)15-6-4-3-5-7-15/h3-10,12,14,26H,11,13H2,1-2H3,(H,22,25)/t21-/m1/s1. The number of nitrogens with one attached hydrogen (secondary N) is 1. The summed E-state index contributed by atoms with van der Waals surface area (Å²) in [7, 11) is -3.82. The number of rotatable bonds is 6. The zero-order chi connectivity index (χ0) is 21.2. The van der Waals surface area contributed by atoms with Crippen LogP contribution in [0.1, 0.15) is 13.3 Å². The van der Waals surface area contributed by atoms with Crippen LogP contribution in [0.3, 0.4) is 0 Å². The van der Waals surface area contributed by atoms with E-state index in [4.69, 9.17) is 5.21 Å². The van der Waals surface area contributed by atoms with E-state index in [0.717, 1.165) is 22.8 Å². The van der Waals surface area contributed by atoms with Gasteiger partial charge in [0.1, 0.15) is 0 Å². The summed E-state index contributed by atoms with van der Waals surface area (Å²) in [6, 6.07) is 17.1. The van der Waals surface area contributed by atoms with E-state index in [1.54, 1.807) is 18.3 Å². The first kappa shape index (κ1) is 20.8. The highest BCUT2D eigenvalue weighted by Crippen LogP contribution is 2.24. The van der Waals surface area contributed by atoms with Crippen molar-refractivity contribution in [3.63, 3.8) is 0 Å². The maximum atomic E-state index is 12.8. The number of sulfone groups is 1. The van der Waals surface area contributed by atoms with Crippen molar-refractivity contribution in [2.24, 2.45) is 0 Å². The Morgan fingerprint density at radius 2 is 1.79 bits per heavy atom. The third kappa shape index (κ3) is 3.94. The first-order chi connectivity index (χ1) is 13.7. The fourth-order valence-corrected chi connectivity index (χ4v) is 4.04. The molecule has 0 saturated heterocycles. The molecule has 0 spiro atoms. The van der Waals surface area contributed by atoms with Gasteiger partial charge in [-0.2, -0.15) is 0 Å². The number of pyridine rings is 1. The Hall–Kier alpha value is -2.97. The normalized spacial score (nSPS) is 13.8. The number of amides is 1. The van der Waals surface area contributed by atoms with Crippen molar-refractivity contribution in [3.8, 4) is 11.1 Å². The summed E-state index contributed by atoms with van der Waals surface area (Å²) in [5, 5.41) is 10.2. The minimum absolute atomic E-state index is 0.00615. The number of aromatic nitrogens is 1. The van der Waals surface area contributed by atoms with Gasteiger partial charge in [0.2, 0.25) is 0 Å². The monoisotopic (exact) mass is 414 g/mol. The number of aryl methyl sites for hydroxylation is 1. The van der Waals surface area contributed by atoms with Gasteiger partial charge in [0.15, 0.2) is 14.6 Å². The average Bonchev–Trinajstić information content (AvgIpc) is 2.72. The zero-order valence-electron chi connectivity index (χ0n) is 16.1. The molecule has 2 N–H and O–H groups in total. The number of hydrogen-bond acceptors (Lipinski definition) is 5. The molecule has 1 heterocycles. The number of hydrogen-bond donors (Lipinski definition) is 2. The first-order valence-corrected chi connectivity index (χ1v) is 10.9. The average molecular weight is 414 g/mol. The predicted molar refractivity (Wildman–Crippen MR) is 111 cm³/mol. The molecule has 7 nitrogen and oxygen atoms in total. The predicted octanol–water partition coefficient (Wildman–Crippen LogP) is 2.37. The van der Waals surface area contributed by atoms with Crippen LogP contribution in [0.15, 0.2) is 65.6 Å². The molecule has 152 valence electrons. The number of hydroxylamine groups is 1. The fraction of sp³-hybridized carbons (Fsp3) is 0.238. The van der Waals surface area contributed by atoms with E-state index >= 15 is 0 Å². The van der Waals surface area contributed by atoms with Crippen molar-refractivity contribution in [2.75, 3.05) is 6.26 Å². The number of fused-ring (bicyclic) bond motifs is 1. The molecule has 1 aromatic heterocycles. The summed E-state index contributed by atoms with van der Waals surface area (Å²) in [5.74, 6) is -1.03. The second-order valence-corrected chi connectivity index (χ2v) is 9.62. The molecular weight excluding hydrogens is 392 g/mol. The Balaban J connectivity index is 1.94. The topological polar surface area (TPSA) is 105 Å². The maximum Gasteiger partial charge on any atom is 0.264 e. The summed E-state index contributed by atoms with van der Waals surface area (Å²) >= 11 is 0. The van der Waals surface area contributed by atoms with Crippen molar-refractivity contribution in [2.45, 2.75) is 24.6 Å². The molecule has 1 amide bonds. The maximum absolute atomic E-state index is 12.8. The molecule has 2 aromatic carbocycles. The molecule has 0 bridgehead atoms. The van der Waals surface area contributed by atoms with Crippen LogP contribution < -0.4 is 11.0 Å². The molecule has 0 fully saturated rings. The number of carbonyl (C=O) groups is 1. The molecule has 0 unspecified atom stereocenters. The Morgan fingerprint density at radius 3 is 2.41 bits per heavy atom. The Labute approximate surface area is 168 Å². The molecule has 0 aliphatic carbocycles. The van der Waals surface area contributed by atoms with Crippen LogP contribution >= 0.6 is 0 Å². The first-order valence-electron chi connectivity index (χ1n) is 9.00. The van der Waals surface area contributed by atoms with Gasteiger partial charge in [-0.05, 0) is 48.1 Å². The van der Waals surface area contributed by atoms with Gasteiger partial charge in [0, 0.05) is 24.4 Å². The molecular formula is C21H22N2O5S. The molecule has 3 aromatic rings. The van der Waals surface area contributed by atoms with E-state index in [0.29, 0.717) is 5.39 Å². The summed E-state index contributed by atoms with van der Waals surface area (Å²) in [5.41, 5.74) is 3.16. The van der Waals surface area contributed by atoms with Crippen LogP contribution in [-0.2, 0) is 21.2 Å². The summed E-state index contributed by atoms with van der Waals surface area (Å²) in [6.07, 6.45) is 2.35. The third-order valence-corrected chi connectivity index (χ3v) is 7.34. The van der Waals surface area contributed by atoms with Gasteiger partial charge >= 0.3 is 0 Å². The fourth-order valence-electron chi connectivity index (χ4n) is 3.19. The summed E-state index contributed by atoms with van der Waals surface area (Å²) < 4.78 is 23.7. The van der Waals surface area contributed by atoms with E-state index in [1.165, 1.54) is 17.0 Å². The van der Waals surface area contributed by atoms with E-state index in [2.05, 4.69) is 0 Å². The lowest BCUT2D eigenvalue weighted by atomic mass is 10.0. The minimum Gasteiger partial charge on any atom is -0.315 e. The van der Waals surface area contributed by atoms with Crippen molar-refractivity contribution in [1.82, 2.24) is 10.0 Å². The molecule has 1 atom stereocenters. The van der Waals surface area contributed by atoms with Crippen molar-refractivity contribution < 1.29 is 18.4 Å². The highest BCUT2D eigenvalue weighted by Gasteiger charge is 2.43. The van der Waals surface area contributed by atoms with Crippen LogP contribution in [0.2, 0.25) is 0 Å². The summed E-state index contributed by atoms with van der Waals surface area (Å²) in [4.78, 5) is 24.8. The minimum atomic E-state index is -3.82. The number of benzene rings is 2. The molecule has 0 radical (unpaired) electrons. The van der Waals surface area contributed by atoms with Crippen LogP contribution in [0.5, 0.6) is 0 Å². The highest BCUT2D eigenvalue weighted by molar-refractivity contribution is 7.92. The van der Waals surface area contributed by atoms with Gasteiger partial charge in [-0.25, -0.2) is 13.9 Å². The van der Waals surface area contributed by atoms with Crippen LogP contribution in [-0.4, -0.2) is 35.1 Å². The number of nitrogens with zero attached hydrogens (tertiary/aromatic N) is 1. The van der Waals surface area contributed by atoms with Gasteiger partial charge in [-0.3, -0.25) is 14.8 Å². The second-order valence-electron chi connectivity index (χ2n) is 7.18. The molecule has 8 heteroatoms. The third-order valence-electron chi connectivity index (χ3n) is 5.31. The van der Waals surface area contributed by atoms with Crippen LogP contribution in [0.4, 0.5) is 0 Å². The molecule has 3 rings (SSSR count). The Kier molecular flexibility index (Phi) is 5.59. The zero-order valence-corrected chi connectivity index (χ0v) is 16.9. The van der Waals surface area contributed by atoms with Crippen molar-refractivity contribution in [3.05, 3.63) is 71.1 Å². The van der Waals surface area contributed by atoms with E-state index in [1.807, 2.05) is 42.5 Å². The molecule has 0 saturated carbocycles. The second kappa shape index (κ2) is 7.81. The smallest absolute Gasteiger partial charge is 0.264 e. The van der Waals surface area contributed by atoms with Crippen molar-refractivity contribution >= 4 is 26.5 Å². The van der Waals surface area contributed by atoms with Gasteiger partial charge in [0.25, 0.3) is 11.5 Å². The molecule has 29 heavy (non-hydrogen) atoms. The lowest BCUT2D eigenvalue weighted by molar-refractivity contribution is -0.131. The van der Waals surface area contributed by atoms with Gasteiger partial charge in [-0.1, -0.05) is 36.4 Å². The lowest BCUT2D eigenvalue weighted by Crippen LogP contribution is -2.49. The van der Waals surface area contributed by atoms with Crippen LogP contribution in [0, 0.1) is 0 Å². The number of carbonyl (C=O) groups excluding carboxylic acids is 1. The van der Waals surface area contributed by atoms with E-state index in [9.17, 15) is 18.0 Å². The van der Waals surface area contributed by atoms with Crippen molar-refractivity contribution in [1.29, 1.82) is 0 Å². The van der Waals surface area contributed by atoms with E-state index in [-0.39, 0.29) is 18.5 Å². The SMILES string of the molecule is C[C@@](CCn1ccc2cc(-c3ccccc3)ccc2c1=O)(C(=O)NO)S(C)(=O)=O. The van der Waals surface area contributed by atoms with Gasteiger partial charge in [-0.15, -0.1) is 0 Å². The Morgan fingerprint density at radius 1 is 1.10 bits per heavy atom. The van der Waals surface area contributed by atoms with E-state index < -0.39 is 20.5 Å². The van der Waals surface area contributed by atoms with Gasteiger partial charge < -0.3 is 4.57 Å². The Bertz CT molecular complexity index is 1220. The lowest BCUT2D eigenvalue weighted by Gasteiger charge is -2.25.